The largest absolute Gasteiger partial charge is 0.370 e. The van der Waals surface area contributed by atoms with E-state index in [0.29, 0.717) is 18.1 Å². The van der Waals surface area contributed by atoms with Crippen LogP contribution in [-0.2, 0) is 0 Å². The zero-order chi connectivity index (χ0) is 14.5. The van der Waals surface area contributed by atoms with Gasteiger partial charge in [0.05, 0.1) is 17.4 Å². The number of anilines is 2. The second-order valence-corrected chi connectivity index (χ2v) is 4.87. The van der Waals surface area contributed by atoms with Gasteiger partial charge in [-0.2, -0.15) is 0 Å². The van der Waals surface area contributed by atoms with Crippen LogP contribution in [-0.4, -0.2) is 17.4 Å². The number of amides is 1. The van der Waals surface area contributed by atoms with Crippen molar-refractivity contribution in [1.29, 1.82) is 0 Å². The van der Waals surface area contributed by atoms with E-state index >= 15 is 0 Å². The highest BCUT2D eigenvalue weighted by molar-refractivity contribution is 9.10. The van der Waals surface area contributed by atoms with Gasteiger partial charge in [0.1, 0.15) is 11.6 Å². The predicted molar refractivity (Wildman–Crippen MR) is 80.5 cm³/mol. The maximum atomic E-state index is 13.3. The Morgan fingerprint density at radius 3 is 2.85 bits per heavy atom. The van der Waals surface area contributed by atoms with Crippen LogP contribution in [0.4, 0.5) is 15.9 Å². The molecule has 1 aromatic carbocycles. The Kier molecular flexibility index (Phi) is 4.68. The van der Waals surface area contributed by atoms with E-state index in [2.05, 4.69) is 31.5 Å². The molecule has 6 heteroatoms. The molecular formula is C14H13BrFN3O. The Hall–Kier alpha value is -1.95. The summed E-state index contributed by atoms with van der Waals surface area (Å²) in [4.78, 5) is 16.1. The van der Waals surface area contributed by atoms with Gasteiger partial charge in [-0.05, 0) is 41.1 Å². The summed E-state index contributed by atoms with van der Waals surface area (Å²) in [6.07, 6.45) is 1.08. The van der Waals surface area contributed by atoms with Gasteiger partial charge in [-0.25, -0.2) is 9.37 Å². The van der Waals surface area contributed by atoms with E-state index in [4.69, 9.17) is 0 Å². The third-order valence-corrected chi connectivity index (χ3v) is 3.26. The van der Waals surface area contributed by atoms with Crippen molar-refractivity contribution in [3.8, 4) is 0 Å². The molecule has 0 bridgehead atoms. The SMILES string of the molecule is CCNc1ncc(F)cc1C(=O)Nc1ccccc1Br. The highest BCUT2D eigenvalue weighted by atomic mass is 79.9. The molecule has 1 aromatic heterocycles. The summed E-state index contributed by atoms with van der Waals surface area (Å²) in [6.45, 7) is 2.47. The molecule has 20 heavy (non-hydrogen) atoms. The van der Waals surface area contributed by atoms with Gasteiger partial charge in [-0.15, -0.1) is 0 Å². The molecule has 0 aliphatic rings. The van der Waals surface area contributed by atoms with Crippen molar-refractivity contribution in [2.24, 2.45) is 0 Å². The minimum atomic E-state index is -0.552. The minimum absolute atomic E-state index is 0.169. The van der Waals surface area contributed by atoms with E-state index in [9.17, 15) is 9.18 Å². The first-order chi connectivity index (χ1) is 9.61. The van der Waals surface area contributed by atoms with Crippen LogP contribution in [0.5, 0.6) is 0 Å². The molecule has 2 rings (SSSR count). The molecule has 0 saturated carbocycles. The standard InChI is InChI=1S/C14H13BrFN3O/c1-2-17-13-10(7-9(16)8-18-13)14(20)19-12-6-4-3-5-11(12)15/h3-8H,2H2,1H3,(H,17,18)(H,19,20). The average molecular weight is 338 g/mol. The summed E-state index contributed by atoms with van der Waals surface area (Å²) in [7, 11) is 0. The van der Waals surface area contributed by atoms with Crippen molar-refractivity contribution >= 4 is 33.3 Å². The monoisotopic (exact) mass is 337 g/mol. The summed E-state index contributed by atoms with van der Waals surface area (Å²) in [5.41, 5.74) is 0.784. The third-order valence-electron chi connectivity index (χ3n) is 2.57. The van der Waals surface area contributed by atoms with Crippen molar-refractivity contribution in [1.82, 2.24) is 4.98 Å². The van der Waals surface area contributed by atoms with Gasteiger partial charge in [0, 0.05) is 11.0 Å². The number of hydrogen-bond acceptors (Lipinski definition) is 3. The smallest absolute Gasteiger partial charge is 0.259 e. The van der Waals surface area contributed by atoms with Gasteiger partial charge in [0.2, 0.25) is 0 Å². The number of hydrogen-bond donors (Lipinski definition) is 2. The molecular weight excluding hydrogens is 325 g/mol. The lowest BCUT2D eigenvalue weighted by Crippen LogP contribution is -2.16. The molecule has 0 unspecified atom stereocenters. The van der Waals surface area contributed by atoms with Crippen molar-refractivity contribution in [2.45, 2.75) is 6.92 Å². The summed E-state index contributed by atoms with van der Waals surface area (Å²) < 4.78 is 14.0. The van der Waals surface area contributed by atoms with E-state index in [1.165, 1.54) is 0 Å². The van der Waals surface area contributed by atoms with Crippen LogP contribution in [0.15, 0.2) is 41.0 Å². The van der Waals surface area contributed by atoms with Crippen molar-refractivity contribution in [3.05, 3.63) is 52.4 Å². The number of halogens is 2. The maximum absolute atomic E-state index is 13.3. The summed E-state index contributed by atoms with van der Waals surface area (Å²) in [6, 6.07) is 8.37. The predicted octanol–water partition coefficient (Wildman–Crippen LogP) is 3.67. The zero-order valence-corrected chi connectivity index (χ0v) is 12.4. The fraction of sp³-hybridized carbons (Fsp3) is 0.143. The molecule has 104 valence electrons. The van der Waals surface area contributed by atoms with Gasteiger partial charge < -0.3 is 10.6 Å². The zero-order valence-electron chi connectivity index (χ0n) is 10.8. The summed E-state index contributed by atoms with van der Waals surface area (Å²) in [5, 5.41) is 5.65. The molecule has 2 aromatic rings. The van der Waals surface area contributed by atoms with E-state index in [0.717, 1.165) is 16.7 Å². The number of nitrogens with zero attached hydrogens (tertiary/aromatic N) is 1. The number of para-hydroxylation sites is 1. The molecule has 0 saturated heterocycles. The second-order valence-electron chi connectivity index (χ2n) is 4.01. The Balaban J connectivity index is 2.29. The molecule has 0 spiro atoms. The Labute approximate surface area is 124 Å². The van der Waals surface area contributed by atoms with Gasteiger partial charge in [0.25, 0.3) is 5.91 Å². The van der Waals surface area contributed by atoms with Gasteiger partial charge in [-0.1, -0.05) is 12.1 Å². The lowest BCUT2D eigenvalue weighted by Gasteiger charge is -2.11. The van der Waals surface area contributed by atoms with Gasteiger partial charge in [0.15, 0.2) is 0 Å². The normalized spacial score (nSPS) is 10.2. The van der Waals surface area contributed by atoms with E-state index in [1.54, 1.807) is 12.1 Å². The molecule has 0 radical (unpaired) electrons. The van der Waals surface area contributed by atoms with Crippen LogP contribution in [0.2, 0.25) is 0 Å². The van der Waals surface area contributed by atoms with Crippen LogP contribution >= 0.6 is 15.9 Å². The number of benzene rings is 1. The van der Waals surface area contributed by atoms with Gasteiger partial charge in [-0.3, -0.25) is 4.79 Å². The summed E-state index contributed by atoms with van der Waals surface area (Å²) in [5.74, 6) is -0.609. The van der Waals surface area contributed by atoms with Gasteiger partial charge >= 0.3 is 0 Å². The fourth-order valence-corrected chi connectivity index (χ4v) is 2.06. The number of rotatable bonds is 4. The van der Waals surface area contributed by atoms with E-state index < -0.39 is 11.7 Å². The van der Waals surface area contributed by atoms with Crippen molar-refractivity contribution < 1.29 is 9.18 Å². The first kappa shape index (κ1) is 14.5. The molecule has 0 aliphatic heterocycles. The van der Waals surface area contributed by atoms with Crippen LogP contribution < -0.4 is 10.6 Å². The molecule has 0 aliphatic carbocycles. The highest BCUT2D eigenvalue weighted by Crippen LogP contribution is 2.23. The van der Waals surface area contributed by atoms with Crippen LogP contribution in [0.1, 0.15) is 17.3 Å². The number of carbonyl (C=O) groups excluding carboxylic acids is 1. The van der Waals surface area contributed by atoms with E-state index in [-0.39, 0.29) is 5.56 Å². The second kappa shape index (κ2) is 6.47. The van der Waals surface area contributed by atoms with Crippen molar-refractivity contribution in [3.63, 3.8) is 0 Å². The van der Waals surface area contributed by atoms with Crippen molar-refractivity contribution in [2.75, 3.05) is 17.2 Å². The van der Waals surface area contributed by atoms with Crippen LogP contribution in [0, 0.1) is 5.82 Å². The number of carbonyl (C=O) groups is 1. The Morgan fingerprint density at radius 2 is 2.15 bits per heavy atom. The maximum Gasteiger partial charge on any atom is 0.259 e. The highest BCUT2D eigenvalue weighted by Gasteiger charge is 2.14. The quantitative estimate of drug-likeness (QED) is 0.894. The molecule has 1 amide bonds. The van der Waals surface area contributed by atoms with Crippen LogP contribution in [0.25, 0.3) is 0 Å². The number of nitrogens with one attached hydrogen (secondary N) is 2. The van der Waals surface area contributed by atoms with E-state index in [1.807, 2.05) is 19.1 Å². The topological polar surface area (TPSA) is 54.0 Å². The molecule has 0 fully saturated rings. The number of pyridine rings is 1. The Bertz CT molecular complexity index is 634. The lowest BCUT2D eigenvalue weighted by molar-refractivity contribution is 0.102. The van der Waals surface area contributed by atoms with Crippen LogP contribution in [0.3, 0.4) is 0 Å². The third kappa shape index (κ3) is 3.33. The first-order valence-corrected chi connectivity index (χ1v) is 6.86. The molecule has 1 heterocycles. The Morgan fingerprint density at radius 1 is 1.40 bits per heavy atom. The molecule has 4 nitrogen and oxygen atoms in total. The lowest BCUT2D eigenvalue weighted by atomic mass is 10.2. The molecule has 2 N–H and O–H groups in total. The fourth-order valence-electron chi connectivity index (χ4n) is 1.67. The molecule has 0 atom stereocenters. The number of aromatic nitrogens is 1. The average Bonchev–Trinajstić information content (AvgIpc) is 2.43. The summed E-state index contributed by atoms with van der Waals surface area (Å²) >= 11 is 3.34. The minimum Gasteiger partial charge on any atom is -0.370 e. The first-order valence-electron chi connectivity index (χ1n) is 6.07.